The van der Waals surface area contributed by atoms with Crippen LogP contribution in [0.5, 0.6) is 0 Å². The van der Waals surface area contributed by atoms with Crippen molar-refractivity contribution in [1.82, 2.24) is 0 Å². The van der Waals surface area contributed by atoms with E-state index in [1.807, 2.05) is 42.5 Å². The molecule has 0 bridgehead atoms. The maximum atomic E-state index is 12.9. The van der Waals surface area contributed by atoms with Gasteiger partial charge in [-0.15, -0.1) is 0 Å². The van der Waals surface area contributed by atoms with Gasteiger partial charge in [-0.1, -0.05) is 71.2 Å². The molecule has 1 N–H and O–H groups in total. The number of hydrogen-bond acceptors (Lipinski definition) is 2. The van der Waals surface area contributed by atoms with E-state index >= 15 is 0 Å². The molecule has 0 saturated heterocycles. The highest BCUT2D eigenvalue weighted by molar-refractivity contribution is 6.43. The minimum atomic E-state index is -0.0674. The second-order valence-corrected chi connectivity index (χ2v) is 9.39. The third-order valence-electron chi connectivity index (χ3n) is 6.27. The molecule has 0 spiro atoms. The minimum absolute atomic E-state index is 0.0674. The zero-order valence-electron chi connectivity index (χ0n) is 17.1. The lowest BCUT2D eigenvalue weighted by molar-refractivity contribution is 0.104. The molecule has 0 amide bonds. The van der Waals surface area contributed by atoms with Gasteiger partial charge in [0.15, 0.2) is 5.78 Å². The van der Waals surface area contributed by atoms with Crippen LogP contribution in [0.25, 0.3) is 6.08 Å². The molecule has 0 fully saturated rings. The first kappa shape index (κ1) is 21.3. The number of carbonyl (C=O) groups is 1. The predicted molar refractivity (Wildman–Crippen MR) is 134 cm³/mol. The van der Waals surface area contributed by atoms with Gasteiger partial charge in [-0.3, -0.25) is 4.79 Å². The number of nitrogens with one attached hydrogen (secondary N) is 1. The summed E-state index contributed by atoms with van der Waals surface area (Å²) in [6.45, 7) is 0. The molecule has 1 aliphatic heterocycles. The topological polar surface area (TPSA) is 29.1 Å². The van der Waals surface area contributed by atoms with Gasteiger partial charge >= 0.3 is 0 Å². The Morgan fingerprint density at radius 3 is 2.62 bits per heavy atom. The van der Waals surface area contributed by atoms with Gasteiger partial charge in [-0.2, -0.15) is 0 Å². The Morgan fingerprint density at radius 2 is 1.81 bits per heavy atom. The summed E-state index contributed by atoms with van der Waals surface area (Å²) in [4.78, 5) is 12.9. The standard InChI is InChI=1S/C27H20Cl3NO/c28-19-11-7-17(8-12-19)27-21-5-2-4-20(21)22-15-18(9-13-24(22)31-27)25(32)14-10-16-3-1-6-23(29)26(16)30/h1-4,6-15,20-21,27,31H,5H2/b14-10+/t20-,21-,27-/m0/s1. The van der Waals surface area contributed by atoms with Crippen molar-refractivity contribution in [3.05, 3.63) is 116 Å². The first-order chi connectivity index (χ1) is 15.5. The molecule has 0 aromatic heterocycles. The maximum Gasteiger partial charge on any atom is 0.185 e. The second kappa shape index (κ2) is 8.78. The lowest BCUT2D eigenvalue weighted by atomic mass is 9.76. The van der Waals surface area contributed by atoms with Gasteiger partial charge in [0.25, 0.3) is 0 Å². The van der Waals surface area contributed by atoms with E-state index in [0.717, 1.165) is 28.3 Å². The van der Waals surface area contributed by atoms with Gasteiger partial charge in [0.05, 0.1) is 16.1 Å². The van der Waals surface area contributed by atoms with Crippen LogP contribution in [0.3, 0.4) is 0 Å². The van der Waals surface area contributed by atoms with Crippen LogP contribution in [0.2, 0.25) is 15.1 Å². The number of benzene rings is 3. The van der Waals surface area contributed by atoms with Crippen molar-refractivity contribution in [1.29, 1.82) is 0 Å². The van der Waals surface area contributed by atoms with Crippen molar-refractivity contribution < 1.29 is 4.79 Å². The molecule has 160 valence electrons. The third kappa shape index (κ3) is 3.99. The van der Waals surface area contributed by atoms with Crippen molar-refractivity contribution in [2.45, 2.75) is 18.4 Å². The Balaban J connectivity index is 1.43. The average molecular weight is 481 g/mol. The highest BCUT2D eigenvalue weighted by atomic mass is 35.5. The highest BCUT2D eigenvalue weighted by Crippen LogP contribution is 2.50. The molecule has 3 aromatic rings. The van der Waals surface area contributed by atoms with Gasteiger partial charge in [0, 0.05) is 22.2 Å². The Bertz CT molecular complexity index is 1250. The van der Waals surface area contributed by atoms with Crippen LogP contribution in [0, 0.1) is 5.92 Å². The average Bonchev–Trinajstić information content (AvgIpc) is 3.30. The van der Waals surface area contributed by atoms with E-state index < -0.39 is 0 Å². The molecule has 32 heavy (non-hydrogen) atoms. The summed E-state index contributed by atoms with van der Waals surface area (Å²) in [6.07, 6.45) is 8.76. The van der Waals surface area contributed by atoms with E-state index in [2.05, 4.69) is 29.6 Å². The summed E-state index contributed by atoms with van der Waals surface area (Å²) >= 11 is 18.4. The van der Waals surface area contributed by atoms with E-state index in [9.17, 15) is 4.79 Å². The smallest absolute Gasteiger partial charge is 0.185 e. The Hall–Kier alpha value is -2.52. The van der Waals surface area contributed by atoms with Crippen LogP contribution in [-0.4, -0.2) is 5.78 Å². The first-order valence-corrected chi connectivity index (χ1v) is 11.6. The van der Waals surface area contributed by atoms with Crippen LogP contribution in [0.4, 0.5) is 5.69 Å². The minimum Gasteiger partial charge on any atom is -0.378 e. The predicted octanol–water partition coefficient (Wildman–Crippen LogP) is 8.37. The Morgan fingerprint density at radius 1 is 1.00 bits per heavy atom. The summed E-state index contributed by atoms with van der Waals surface area (Å²) in [6, 6.07) is 19.5. The maximum absolute atomic E-state index is 12.9. The number of fused-ring (bicyclic) bond motifs is 3. The van der Waals surface area contributed by atoms with E-state index in [1.165, 1.54) is 5.56 Å². The van der Waals surface area contributed by atoms with E-state index in [4.69, 9.17) is 34.8 Å². The summed E-state index contributed by atoms with van der Waals surface area (Å²) in [5, 5.41) is 5.35. The van der Waals surface area contributed by atoms with Crippen LogP contribution in [0.1, 0.15) is 45.4 Å². The fourth-order valence-electron chi connectivity index (χ4n) is 4.66. The Labute approximate surface area is 202 Å². The molecule has 3 aromatic carbocycles. The van der Waals surface area contributed by atoms with Crippen molar-refractivity contribution >= 4 is 52.3 Å². The lowest BCUT2D eigenvalue weighted by Gasteiger charge is -2.37. The molecule has 5 heteroatoms. The molecular weight excluding hydrogens is 461 g/mol. The van der Waals surface area contributed by atoms with Crippen LogP contribution in [0.15, 0.2) is 78.9 Å². The fraction of sp³-hybridized carbons (Fsp3) is 0.148. The molecule has 0 radical (unpaired) electrons. The number of carbonyl (C=O) groups excluding carboxylic acids is 1. The number of hydrogen-bond donors (Lipinski definition) is 1. The van der Waals surface area contributed by atoms with Gasteiger partial charge < -0.3 is 5.32 Å². The Kier molecular flexibility index (Phi) is 5.86. The number of anilines is 1. The van der Waals surface area contributed by atoms with Gasteiger partial charge in [-0.05, 0) is 77.6 Å². The van der Waals surface area contributed by atoms with Gasteiger partial charge in [-0.25, -0.2) is 0 Å². The molecule has 0 saturated carbocycles. The number of rotatable bonds is 4. The van der Waals surface area contributed by atoms with E-state index in [-0.39, 0.29) is 17.7 Å². The molecule has 2 nitrogen and oxygen atoms in total. The summed E-state index contributed by atoms with van der Waals surface area (Å²) in [5.74, 6) is 0.600. The van der Waals surface area contributed by atoms with Crippen LogP contribution < -0.4 is 5.32 Å². The van der Waals surface area contributed by atoms with E-state index in [1.54, 1.807) is 18.2 Å². The lowest BCUT2D eigenvalue weighted by Crippen LogP contribution is -2.29. The third-order valence-corrected chi connectivity index (χ3v) is 7.36. The number of ketones is 1. The SMILES string of the molecule is O=C(/C=C/c1cccc(Cl)c1Cl)c1ccc2c(c1)[C@H]1C=CC[C@@H]1[C@H](c1ccc(Cl)cc1)N2. The molecule has 2 aliphatic rings. The van der Waals surface area contributed by atoms with Crippen LogP contribution in [-0.2, 0) is 0 Å². The largest absolute Gasteiger partial charge is 0.378 e. The molecule has 1 heterocycles. The zero-order chi connectivity index (χ0) is 22.2. The van der Waals surface area contributed by atoms with E-state index in [0.29, 0.717) is 21.5 Å². The second-order valence-electron chi connectivity index (χ2n) is 8.17. The van der Waals surface area contributed by atoms with Crippen molar-refractivity contribution in [2.75, 3.05) is 5.32 Å². The van der Waals surface area contributed by atoms with Gasteiger partial charge in [0.1, 0.15) is 0 Å². The van der Waals surface area contributed by atoms with Crippen molar-refractivity contribution in [2.24, 2.45) is 5.92 Å². The fourth-order valence-corrected chi connectivity index (χ4v) is 5.16. The normalized spacial score (nSPS) is 21.3. The summed E-state index contributed by atoms with van der Waals surface area (Å²) in [7, 11) is 0. The summed E-state index contributed by atoms with van der Waals surface area (Å²) in [5.41, 5.74) is 4.83. The molecule has 5 rings (SSSR count). The summed E-state index contributed by atoms with van der Waals surface area (Å²) < 4.78 is 0. The van der Waals surface area contributed by atoms with Crippen molar-refractivity contribution in [3.8, 4) is 0 Å². The zero-order valence-corrected chi connectivity index (χ0v) is 19.3. The quantitative estimate of drug-likeness (QED) is 0.231. The number of halogens is 3. The highest BCUT2D eigenvalue weighted by Gasteiger charge is 2.38. The molecule has 0 unspecified atom stereocenters. The van der Waals surface area contributed by atoms with Gasteiger partial charge in [0.2, 0.25) is 0 Å². The van der Waals surface area contributed by atoms with Crippen LogP contribution >= 0.6 is 34.8 Å². The molecule has 1 aliphatic carbocycles. The molecule has 3 atom stereocenters. The molecular formula is C27H20Cl3NO. The van der Waals surface area contributed by atoms with Crippen molar-refractivity contribution in [3.63, 3.8) is 0 Å². The first-order valence-electron chi connectivity index (χ1n) is 10.5. The number of allylic oxidation sites excluding steroid dienone is 3. The monoisotopic (exact) mass is 479 g/mol.